The van der Waals surface area contributed by atoms with Crippen molar-refractivity contribution in [3.05, 3.63) is 48.0 Å². The summed E-state index contributed by atoms with van der Waals surface area (Å²) in [6.07, 6.45) is 1.36. The van der Waals surface area contributed by atoms with Crippen molar-refractivity contribution in [1.82, 2.24) is 0 Å². The number of hydrogen-bond acceptors (Lipinski definition) is 2. The van der Waals surface area contributed by atoms with Gasteiger partial charge in [-0.15, -0.1) is 0 Å². The third-order valence-electron chi connectivity index (χ3n) is 3.59. The van der Waals surface area contributed by atoms with E-state index in [0.717, 1.165) is 12.0 Å². The van der Waals surface area contributed by atoms with E-state index in [1.54, 1.807) is 0 Å². The molecule has 0 spiro atoms. The van der Waals surface area contributed by atoms with Gasteiger partial charge in [0.15, 0.2) is 0 Å². The summed E-state index contributed by atoms with van der Waals surface area (Å²) in [6, 6.07) is 13.7. The second kappa shape index (κ2) is 5.85. The molecule has 3 N–H and O–H groups in total. The van der Waals surface area contributed by atoms with Crippen molar-refractivity contribution in [2.75, 3.05) is 0 Å². The molecule has 0 aromatic heterocycles. The summed E-state index contributed by atoms with van der Waals surface area (Å²) in [7, 11) is 0. The molecule has 100 valence electrons. The number of carbonyl (C=O) groups is 1. The van der Waals surface area contributed by atoms with Crippen molar-refractivity contribution in [2.45, 2.75) is 31.7 Å². The molecule has 0 saturated heterocycles. The van der Waals surface area contributed by atoms with Crippen LogP contribution in [-0.2, 0) is 4.79 Å². The molecule has 0 aliphatic rings. The predicted octanol–water partition coefficient (Wildman–Crippen LogP) is 3.14. The van der Waals surface area contributed by atoms with Gasteiger partial charge >= 0.3 is 5.97 Å². The van der Waals surface area contributed by atoms with Gasteiger partial charge < -0.3 is 10.8 Å². The van der Waals surface area contributed by atoms with Gasteiger partial charge in [-0.3, -0.25) is 4.79 Å². The van der Waals surface area contributed by atoms with Gasteiger partial charge in [0.25, 0.3) is 0 Å². The van der Waals surface area contributed by atoms with Gasteiger partial charge in [-0.1, -0.05) is 49.4 Å². The molecule has 2 aromatic carbocycles. The Kier molecular flexibility index (Phi) is 4.17. The highest BCUT2D eigenvalue weighted by Gasteiger charge is 2.19. The van der Waals surface area contributed by atoms with Crippen LogP contribution in [0.3, 0.4) is 0 Å². The number of carboxylic acid groups (broad SMARTS) is 1. The molecule has 0 aliphatic heterocycles. The molecular weight excluding hydrogens is 238 g/mol. The molecule has 0 amide bonds. The van der Waals surface area contributed by atoms with Gasteiger partial charge in [-0.05, 0) is 35.1 Å². The number of aliphatic carboxylic acids is 1. The highest BCUT2D eigenvalue weighted by Crippen LogP contribution is 2.27. The highest BCUT2D eigenvalue weighted by atomic mass is 16.4. The SMILES string of the molecule is CCC(CC(N)C(=O)O)c1ccc2ccccc2c1. The van der Waals surface area contributed by atoms with E-state index in [9.17, 15) is 4.79 Å². The fourth-order valence-corrected chi connectivity index (χ4v) is 2.41. The summed E-state index contributed by atoms with van der Waals surface area (Å²) in [6.45, 7) is 2.06. The zero-order chi connectivity index (χ0) is 13.8. The van der Waals surface area contributed by atoms with Crippen molar-refractivity contribution in [2.24, 2.45) is 5.73 Å². The van der Waals surface area contributed by atoms with Crippen molar-refractivity contribution in [3.63, 3.8) is 0 Å². The maximum Gasteiger partial charge on any atom is 0.320 e. The van der Waals surface area contributed by atoms with Crippen LogP contribution in [0.4, 0.5) is 0 Å². The first-order valence-corrected chi connectivity index (χ1v) is 6.59. The molecular formula is C16H19NO2. The van der Waals surface area contributed by atoms with Crippen LogP contribution < -0.4 is 5.73 Å². The Labute approximate surface area is 113 Å². The molecule has 0 aliphatic carbocycles. The predicted molar refractivity (Wildman–Crippen MR) is 77.2 cm³/mol. The Morgan fingerprint density at radius 3 is 2.53 bits per heavy atom. The number of fused-ring (bicyclic) bond motifs is 1. The van der Waals surface area contributed by atoms with Crippen LogP contribution in [0.5, 0.6) is 0 Å². The highest BCUT2D eigenvalue weighted by molar-refractivity contribution is 5.83. The maximum absolute atomic E-state index is 10.9. The van der Waals surface area contributed by atoms with E-state index in [0.29, 0.717) is 6.42 Å². The van der Waals surface area contributed by atoms with E-state index in [1.807, 2.05) is 12.1 Å². The average molecular weight is 257 g/mol. The van der Waals surface area contributed by atoms with Crippen molar-refractivity contribution < 1.29 is 9.90 Å². The summed E-state index contributed by atoms with van der Waals surface area (Å²) in [5.74, 6) is -0.741. The third kappa shape index (κ3) is 3.12. The van der Waals surface area contributed by atoms with Crippen LogP contribution in [-0.4, -0.2) is 17.1 Å². The largest absolute Gasteiger partial charge is 0.480 e. The zero-order valence-corrected chi connectivity index (χ0v) is 11.0. The van der Waals surface area contributed by atoms with Crippen LogP contribution >= 0.6 is 0 Å². The monoisotopic (exact) mass is 257 g/mol. The minimum Gasteiger partial charge on any atom is -0.480 e. The number of rotatable bonds is 5. The summed E-state index contributed by atoms with van der Waals surface area (Å²) in [5, 5.41) is 11.3. The van der Waals surface area contributed by atoms with Gasteiger partial charge in [-0.2, -0.15) is 0 Å². The number of benzene rings is 2. The van der Waals surface area contributed by atoms with Gasteiger partial charge in [0, 0.05) is 0 Å². The minimum atomic E-state index is -0.931. The first-order valence-electron chi connectivity index (χ1n) is 6.59. The Morgan fingerprint density at radius 2 is 1.89 bits per heavy atom. The topological polar surface area (TPSA) is 63.3 Å². The number of carboxylic acids is 1. The molecule has 2 unspecified atom stereocenters. The molecule has 2 rings (SSSR count). The minimum absolute atomic E-state index is 0.190. The van der Waals surface area contributed by atoms with Crippen molar-refractivity contribution in [1.29, 1.82) is 0 Å². The summed E-state index contributed by atoms with van der Waals surface area (Å²) < 4.78 is 0. The van der Waals surface area contributed by atoms with E-state index < -0.39 is 12.0 Å². The first-order chi connectivity index (χ1) is 9.11. The van der Waals surface area contributed by atoms with E-state index >= 15 is 0 Å². The Bertz CT molecular complexity index is 580. The smallest absolute Gasteiger partial charge is 0.320 e. The third-order valence-corrected chi connectivity index (χ3v) is 3.59. The Hall–Kier alpha value is -1.87. The van der Waals surface area contributed by atoms with Crippen molar-refractivity contribution >= 4 is 16.7 Å². The standard InChI is InChI=1S/C16H19NO2/c1-2-11(10-15(17)16(18)19)14-8-7-12-5-3-4-6-13(12)9-14/h3-9,11,15H,2,10,17H2,1H3,(H,18,19). The fraction of sp³-hybridized carbons (Fsp3) is 0.312. The molecule has 19 heavy (non-hydrogen) atoms. The lowest BCUT2D eigenvalue weighted by Gasteiger charge is -2.18. The van der Waals surface area contributed by atoms with E-state index in [4.69, 9.17) is 10.8 Å². The molecule has 0 bridgehead atoms. The molecule has 3 nitrogen and oxygen atoms in total. The van der Waals surface area contributed by atoms with Crippen molar-refractivity contribution in [3.8, 4) is 0 Å². The lowest BCUT2D eigenvalue weighted by atomic mass is 9.89. The number of nitrogens with two attached hydrogens (primary N) is 1. The summed E-state index contributed by atoms with van der Waals surface area (Å²) in [5.41, 5.74) is 6.81. The second-order valence-electron chi connectivity index (χ2n) is 4.89. The average Bonchev–Trinajstić information content (AvgIpc) is 2.43. The fourth-order valence-electron chi connectivity index (χ4n) is 2.41. The number of hydrogen-bond donors (Lipinski definition) is 2. The molecule has 0 radical (unpaired) electrons. The quantitative estimate of drug-likeness (QED) is 0.865. The summed E-state index contributed by atoms with van der Waals surface area (Å²) in [4.78, 5) is 10.9. The van der Waals surface area contributed by atoms with E-state index in [2.05, 4.69) is 37.3 Å². The molecule has 2 atom stereocenters. The first kappa shape index (κ1) is 13.6. The van der Waals surface area contributed by atoms with Crippen LogP contribution in [0, 0.1) is 0 Å². The van der Waals surface area contributed by atoms with E-state index in [-0.39, 0.29) is 5.92 Å². The molecule has 0 saturated carbocycles. The Balaban J connectivity index is 2.27. The Morgan fingerprint density at radius 1 is 1.21 bits per heavy atom. The summed E-state index contributed by atoms with van der Waals surface area (Å²) >= 11 is 0. The van der Waals surface area contributed by atoms with Crippen LogP contribution in [0.25, 0.3) is 10.8 Å². The van der Waals surface area contributed by atoms with Gasteiger partial charge in [0.1, 0.15) is 6.04 Å². The second-order valence-corrected chi connectivity index (χ2v) is 4.89. The molecule has 0 heterocycles. The van der Waals surface area contributed by atoms with Gasteiger partial charge in [0.05, 0.1) is 0 Å². The van der Waals surface area contributed by atoms with Gasteiger partial charge in [0.2, 0.25) is 0 Å². The lowest BCUT2D eigenvalue weighted by Crippen LogP contribution is -2.31. The maximum atomic E-state index is 10.9. The van der Waals surface area contributed by atoms with Crippen LogP contribution in [0.15, 0.2) is 42.5 Å². The lowest BCUT2D eigenvalue weighted by molar-refractivity contribution is -0.138. The zero-order valence-electron chi connectivity index (χ0n) is 11.0. The molecule has 2 aromatic rings. The van der Waals surface area contributed by atoms with E-state index in [1.165, 1.54) is 10.8 Å². The molecule has 3 heteroatoms. The normalized spacial score (nSPS) is 14.2. The molecule has 0 fully saturated rings. The van der Waals surface area contributed by atoms with Crippen LogP contribution in [0.2, 0.25) is 0 Å². The van der Waals surface area contributed by atoms with Gasteiger partial charge in [-0.25, -0.2) is 0 Å². The van der Waals surface area contributed by atoms with Crippen LogP contribution in [0.1, 0.15) is 31.2 Å².